The van der Waals surface area contributed by atoms with Gasteiger partial charge in [0.2, 0.25) is 5.91 Å². The van der Waals surface area contributed by atoms with E-state index in [2.05, 4.69) is 4.90 Å². The number of hydrogen-bond donors (Lipinski definition) is 1. The van der Waals surface area contributed by atoms with Crippen LogP contribution in [0.25, 0.3) is 0 Å². The highest BCUT2D eigenvalue weighted by Crippen LogP contribution is 2.22. The normalized spacial score (nSPS) is 21.0. The molecule has 0 aliphatic carbocycles. The number of nitrogens with zero attached hydrogens (tertiary/aromatic N) is 3. The van der Waals surface area contributed by atoms with Crippen LogP contribution in [0.1, 0.15) is 5.56 Å². The van der Waals surface area contributed by atoms with Crippen LogP contribution >= 0.6 is 0 Å². The SMILES string of the molecule is COCC(=O)N1CCN(Cc2cccc(OCCN3CCOCC3)c2)C[C@@](O)(COc2ccc(F)c(F)c2)C1. The second-order valence-electron chi connectivity index (χ2n) is 10.00. The summed E-state index contributed by atoms with van der Waals surface area (Å²) in [5.41, 5.74) is -0.462. The Morgan fingerprint density at radius 1 is 0.974 bits per heavy atom. The second kappa shape index (κ2) is 14.0. The van der Waals surface area contributed by atoms with Gasteiger partial charge in [0.1, 0.15) is 36.9 Å². The molecule has 0 bridgehead atoms. The van der Waals surface area contributed by atoms with Gasteiger partial charge in [0, 0.05) is 59.0 Å². The molecule has 2 aliphatic heterocycles. The van der Waals surface area contributed by atoms with E-state index in [0.29, 0.717) is 26.2 Å². The molecule has 2 saturated heterocycles. The lowest BCUT2D eigenvalue weighted by Gasteiger charge is -2.33. The molecule has 0 saturated carbocycles. The molecule has 2 aliphatic rings. The summed E-state index contributed by atoms with van der Waals surface area (Å²) in [6, 6.07) is 11.0. The zero-order valence-corrected chi connectivity index (χ0v) is 22.3. The number of methoxy groups -OCH3 is 1. The number of β-amino-alcohol motifs (C(OH)–C–C–N with tert-alkyl or cyclic N) is 1. The fourth-order valence-corrected chi connectivity index (χ4v) is 4.79. The number of morpholine rings is 1. The van der Waals surface area contributed by atoms with Crippen molar-refractivity contribution in [2.24, 2.45) is 0 Å². The maximum Gasteiger partial charge on any atom is 0.248 e. The van der Waals surface area contributed by atoms with Gasteiger partial charge in [-0.3, -0.25) is 14.6 Å². The van der Waals surface area contributed by atoms with Crippen molar-refractivity contribution >= 4 is 5.91 Å². The molecule has 39 heavy (non-hydrogen) atoms. The number of benzene rings is 2. The predicted molar refractivity (Wildman–Crippen MR) is 140 cm³/mol. The summed E-state index contributed by atoms with van der Waals surface area (Å²) in [7, 11) is 1.44. The number of aliphatic hydroxyl groups is 1. The van der Waals surface area contributed by atoms with Crippen molar-refractivity contribution in [3.63, 3.8) is 0 Å². The van der Waals surface area contributed by atoms with Gasteiger partial charge >= 0.3 is 0 Å². The molecule has 0 spiro atoms. The van der Waals surface area contributed by atoms with Crippen LogP contribution in [0.15, 0.2) is 42.5 Å². The summed E-state index contributed by atoms with van der Waals surface area (Å²) in [5, 5.41) is 11.6. The number of carbonyl (C=O) groups excluding carboxylic acids is 1. The van der Waals surface area contributed by atoms with E-state index in [1.165, 1.54) is 13.2 Å². The van der Waals surface area contributed by atoms with Crippen LogP contribution in [0.4, 0.5) is 8.78 Å². The minimum atomic E-state index is -1.46. The van der Waals surface area contributed by atoms with Gasteiger partial charge in [-0.1, -0.05) is 12.1 Å². The molecule has 2 fully saturated rings. The van der Waals surface area contributed by atoms with Gasteiger partial charge in [-0.05, 0) is 29.8 Å². The summed E-state index contributed by atoms with van der Waals surface area (Å²) >= 11 is 0. The lowest BCUT2D eigenvalue weighted by atomic mass is 10.0. The van der Waals surface area contributed by atoms with Crippen LogP contribution in [0.5, 0.6) is 11.5 Å². The Balaban J connectivity index is 1.40. The second-order valence-corrected chi connectivity index (χ2v) is 10.00. The van der Waals surface area contributed by atoms with Gasteiger partial charge in [-0.15, -0.1) is 0 Å². The fourth-order valence-electron chi connectivity index (χ4n) is 4.79. The molecule has 2 aromatic rings. The Labute approximate surface area is 227 Å². The molecular weight excluding hydrogens is 512 g/mol. The monoisotopic (exact) mass is 549 g/mol. The summed E-state index contributed by atoms with van der Waals surface area (Å²) in [4.78, 5) is 18.5. The number of ether oxygens (including phenoxy) is 4. The average molecular weight is 550 g/mol. The third-order valence-corrected chi connectivity index (χ3v) is 6.79. The minimum Gasteiger partial charge on any atom is -0.492 e. The maximum absolute atomic E-state index is 13.7. The molecule has 11 heteroatoms. The van der Waals surface area contributed by atoms with Crippen molar-refractivity contribution in [1.29, 1.82) is 0 Å². The summed E-state index contributed by atoms with van der Waals surface area (Å²) in [6.45, 7) is 6.04. The van der Waals surface area contributed by atoms with Crippen LogP contribution in [-0.2, 0) is 20.8 Å². The first-order chi connectivity index (χ1) is 18.8. The number of amides is 1. The Hall–Kier alpha value is -2.83. The first-order valence-electron chi connectivity index (χ1n) is 13.1. The zero-order chi connectivity index (χ0) is 27.7. The van der Waals surface area contributed by atoms with Crippen LogP contribution in [-0.4, -0.2) is 117 Å². The Bertz CT molecular complexity index is 1090. The van der Waals surface area contributed by atoms with Crippen molar-refractivity contribution < 1.29 is 37.6 Å². The van der Waals surface area contributed by atoms with Crippen molar-refractivity contribution in [3.05, 3.63) is 59.7 Å². The predicted octanol–water partition coefficient (Wildman–Crippen LogP) is 1.78. The van der Waals surface area contributed by atoms with Crippen LogP contribution in [0, 0.1) is 11.6 Å². The first kappa shape index (κ1) is 29.2. The quantitative estimate of drug-likeness (QED) is 0.454. The maximum atomic E-state index is 13.7. The largest absolute Gasteiger partial charge is 0.492 e. The Morgan fingerprint density at radius 3 is 2.54 bits per heavy atom. The number of hydrogen-bond acceptors (Lipinski definition) is 8. The fraction of sp³-hybridized carbons (Fsp3) is 0.536. The van der Waals surface area contributed by atoms with Crippen LogP contribution in [0.2, 0.25) is 0 Å². The third kappa shape index (κ3) is 8.84. The molecule has 2 heterocycles. The molecule has 0 radical (unpaired) electrons. The van der Waals surface area contributed by atoms with Gasteiger partial charge in [0.25, 0.3) is 0 Å². The summed E-state index contributed by atoms with van der Waals surface area (Å²) in [5.74, 6) is -1.41. The highest BCUT2D eigenvalue weighted by molar-refractivity contribution is 5.77. The number of rotatable bonds is 11. The Morgan fingerprint density at radius 2 is 1.77 bits per heavy atom. The topological polar surface area (TPSA) is 83.9 Å². The van der Waals surface area contributed by atoms with Crippen LogP contribution in [0.3, 0.4) is 0 Å². The van der Waals surface area contributed by atoms with Gasteiger partial charge in [-0.25, -0.2) is 8.78 Å². The van der Waals surface area contributed by atoms with E-state index < -0.39 is 17.2 Å². The number of carbonyl (C=O) groups is 1. The molecule has 2 aromatic carbocycles. The molecule has 1 atom stereocenters. The first-order valence-corrected chi connectivity index (χ1v) is 13.1. The summed E-state index contributed by atoms with van der Waals surface area (Å²) < 4.78 is 49.0. The Kier molecular flexibility index (Phi) is 10.5. The molecule has 1 amide bonds. The molecule has 9 nitrogen and oxygen atoms in total. The highest BCUT2D eigenvalue weighted by Gasteiger charge is 2.37. The standard InChI is InChI=1S/C28H37F2N3O6/c1-36-18-27(34)33-8-7-32(19-28(35,20-33)21-39-24-5-6-25(29)26(30)16-24)17-22-3-2-4-23(15-22)38-14-11-31-9-12-37-13-10-31/h2-6,15-16,35H,7-14,17-21H2,1H3/t28-/m0/s1. The van der Waals surface area contributed by atoms with Crippen molar-refractivity contribution in [3.8, 4) is 11.5 Å². The van der Waals surface area contributed by atoms with Gasteiger partial charge in [0.15, 0.2) is 11.6 Å². The van der Waals surface area contributed by atoms with E-state index in [9.17, 15) is 18.7 Å². The van der Waals surface area contributed by atoms with E-state index in [1.54, 1.807) is 4.90 Å². The number of halogens is 2. The van der Waals surface area contributed by atoms with Crippen LogP contribution < -0.4 is 9.47 Å². The van der Waals surface area contributed by atoms with E-state index in [-0.39, 0.29) is 38.0 Å². The van der Waals surface area contributed by atoms with Gasteiger partial charge in [-0.2, -0.15) is 0 Å². The van der Waals surface area contributed by atoms with Crippen molar-refractivity contribution in [2.45, 2.75) is 12.1 Å². The van der Waals surface area contributed by atoms with Gasteiger partial charge in [0.05, 0.1) is 19.8 Å². The molecule has 0 aromatic heterocycles. The molecule has 0 unspecified atom stereocenters. The zero-order valence-electron chi connectivity index (χ0n) is 22.3. The van der Waals surface area contributed by atoms with E-state index in [1.807, 2.05) is 29.2 Å². The van der Waals surface area contributed by atoms with Gasteiger partial charge < -0.3 is 29.0 Å². The molecular formula is C28H37F2N3O6. The third-order valence-electron chi connectivity index (χ3n) is 6.79. The lowest BCUT2D eigenvalue weighted by molar-refractivity contribution is -0.138. The van der Waals surface area contributed by atoms with E-state index in [4.69, 9.17) is 18.9 Å². The molecule has 214 valence electrons. The molecule has 4 rings (SSSR count). The highest BCUT2D eigenvalue weighted by atomic mass is 19.2. The molecule has 1 N–H and O–H groups in total. The average Bonchev–Trinajstić information content (AvgIpc) is 3.09. The smallest absolute Gasteiger partial charge is 0.248 e. The van der Waals surface area contributed by atoms with Crippen molar-refractivity contribution in [1.82, 2.24) is 14.7 Å². The summed E-state index contributed by atoms with van der Waals surface area (Å²) in [6.07, 6.45) is 0. The van der Waals surface area contributed by atoms with E-state index >= 15 is 0 Å². The minimum absolute atomic E-state index is 0.0139. The van der Waals surface area contributed by atoms with E-state index in [0.717, 1.165) is 56.3 Å². The van der Waals surface area contributed by atoms with Crippen molar-refractivity contribution in [2.75, 3.05) is 86.0 Å². The lowest BCUT2D eigenvalue weighted by Crippen LogP contribution is -2.52.